The number of ether oxygens (including phenoxy) is 3. The molecule has 3 aliphatic heterocycles. The molecule has 3 heterocycles. The molecule has 13 heteroatoms. The molecular formula is C81H110O9Si4. The van der Waals surface area contributed by atoms with Crippen molar-refractivity contribution in [1.82, 2.24) is 0 Å². The van der Waals surface area contributed by atoms with Crippen LogP contribution in [0.5, 0.6) is 40.2 Å². The summed E-state index contributed by atoms with van der Waals surface area (Å²) in [5.41, 5.74) is 11.1. The highest BCUT2D eigenvalue weighted by atomic mass is 28.4. The number of benzene rings is 6. The third-order valence-electron chi connectivity index (χ3n) is 23.2. The van der Waals surface area contributed by atoms with Gasteiger partial charge in [-0.25, -0.2) is 0 Å². The average molecular weight is 1340 g/mol. The summed E-state index contributed by atoms with van der Waals surface area (Å²) in [5.74, 6) is 8.75. The van der Waals surface area contributed by atoms with Crippen molar-refractivity contribution in [3.8, 4) is 40.2 Å². The number of Topliss-reactive ketones (excluding diaryl/α,β-unsaturated/α-hetero) is 2. The zero-order valence-corrected chi connectivity index (χ0v) is 64.9. The summed E-state index contributed by atoms with van der Waals surface area (Å²) in [7, 11) is -7.71. The topological polar surface area (TPSA) is 98.8 Å². The van der Waals surface area contributed by atoms with Crippen LogP contribution in [0.3, 0.4) is 0 Å². The Hall–Kier alpha value is -6.13. The van der Waals surface area contributed by atoms with Gasteiger partial charge in [0.05, 0.1) is 0 Å². The van der Waals surface area contributed by atoms with Gasteiger partial charge in [0.15, 0.2) is 0 Å². The first kappa shape index (κ1) is 70.7. The molecule has 3 aliphatic carbocycles. The molecule has 0 radical (unpaired) electrons. The van der Waals surface area contributed by atoms with Crippen LogP contribution in [0.2, 0.25) is 72.5 Å². The molecule has 94 heavy (non-hydrogen) atoms. The molecule has 6 aromatic rings. The Morgan fingerprint density at radius 3 is 0.979 bits per heavy atom. The van der Waals surface area contributed by atoms with Crippen LogP contribution >= 0.6 is 0 Å². The molecule has 6 aromatic carbocycles. The maximum absolute atomic E-state index is 12.7. The van der Waals surface area contributed by atoms with E-state index >= 15 is 0 Å². The van der Waals surface area contributed by atoms with Gasteiger partial charge in [0.1, 0.15) is 70.1 Å². The lowest BCUT2D eigenvalue weighted by atomic mass is 9.79. The SMILES string of the molecule is C=C1C[C@H]2[C@@H](C1)c1cc(C)ccc1O[C@H]2c1ccc(C)cc1.CC(C)(C)[Si](C)(C)Oc1ccc([C@@H]2Oc3ccc(O[Si](C)(C)C(C)(C)C)cc3[C@@H]3CC(=O)C[C@@H]32)cc1.CC(C)(C)[Si](C)(C)Oc1ccc([C@@H]2Oc3ccc(O[Si](C)(C)C(C)(C)C)cc3[C@@H]3CC(=O)C[C@@H]32)cc1. The number of fused-ring (bicyclic) bond motifs is 9. The molecule has 6 aliphatic rings. The zero-order chi connectivity index (χ0) is 68.6. The Kier molecular flexibility index (Phi) is 19.6. The van der Waals surface area contributed by atoms with Gasteiger partial charge >= 0.3 is 0 Å². The standard InChI is InChI=1S/2C30H44O4Si2.C21H22O/c2*1-29(2,3)35(7,8)33-22-13-11-20(12-14-22)28-26-18-21(31)17-24(26)25-19-23(15-16-27(25)32-28)34-36(9,10)30(4,5)6;1-13-4-7-16(8-5-13)21-19-12-15(3)11-17(19)18-10-14(2)6-9-20(18)22-21/h2*11-16,19,24,26,28H,17-18H2,1-10H3;4-10,17,19,21H,3,11-12H2,1-2H3/t2*24-,26-,28-;17-,19-,21-/m000/s1. The highest BCUT2D eigenvalue weighted by Gasteiger charge is 2.50. The molecule has 0 N–H and O–H groups in total. The Balaban J connectivity index is 0.000000158. The number of allylic oxidation sites excluding steroid dienone is 1. The van der Waals surface area contributed by atoms with E-state index < -0.39 is 33.3 Å². The summed E-state index contributed by atoms with van der Waals surface area (Å²) >= 11 is 0. The lowest BCUT2D eigenvalue weighted by Gasteiger charge is -2.38. The van der Waals surface area contributed by atoms with Crippen molar-refractivity contribution >= 4 is 44.8 Å². The molecule has 0 saturated heterocycles. The zero-order valence-electron chi connectivity index (χ0n) is 60.9. The van der Waals surface area contributed by atoms with Crippen LogP contribution in [0.15, 0.2) is 140 Å². The van der Waals surface area contributed by atoms with E-state index in [1.165, 1.54) is 27.8 Å². The quantitative estimate of drug-likeness (QED) is 0.0928. The number of carbonyl (C=O) groups is 2. The fourth-order valence-electron chi connectivity index (χ4n) is 13.4. The van der Waals surface area contributed by atoms with Crippen molar-refractivity contribution < 1.29 is 41.5 Å². The maximum atomic E-state index is 12.7. The van der Waals surface area contributed by atoms with Crippen LogP contribution in [-0.2, 0) is 9.59 Å². The van der Waals surface area contributed by atoms with Gasteiger partial charge in [0, 0.05) is 66.4 Å². The summed E-state index contributed by atoms with van der Waals surface area (Å²) in [5, 5.41) is 0.534. The van der Waals surface area contributed by atoms with E-state index in [9.17, 15) is 9.59 Å². The van der Waals surface area contributed by atoms with Crippen molar-refractivity contribution in [1.29, 1.82) is 0 Å². The van der Waals surface area contributed by atoms with Crippen LogP contribution in [0, 0.1) is 31.6 Å². The summed E-state index contributed by atoms with van der Waals surface area (Å²) in [4.78, 5) is 25.3. The highest BCUT2D eigenvalue weighted by molar-refractivity contribution is 6.76. The van der Waals surface area contributed by atoms with Crippen LogP contribution < -0.4 is 31.9 Å². The molecule has 9 nitrogen and oxygen atoms in total. The number of hydrogen-bond acceptors (Lipinski definition) is 9. The first-order chi connectivity index (χ1) is 43.6. The van der Waals surface area contributed by atoms with Gasteiger partial charge in [-0.15, -0.1) is 0 Å². The minimum Gasteiger partial charge on any atom is -0.544 e. The van der Waals surface area contributed by atoms with Crippen LogP contribution in [0.1, 0.15) is 202 Å². The van der Waals surface area contributed by atoms with Crippen molar-refractivity contribution in [3.63, 3.8) is 0 Å². The van der Waals surface area contributed by atoms with E-state index in [0.29, 0.717) is 49.1 Å². The summed E-state index contributed by atoms with van der Waals surface area (Å²) in [6.07, 6.45) is 4.34. The van der Waals surface area contributed by atoms with Crippen molar-refractivity contribution in [3.05, 3.63) is 184 Å². The van der Waals surface area contributed by atoms with Gasteiger partial charge in [0.2, 0.25) is 33.3 Å². The predicted octanol–water partition coefficient (Wildman–Crippen LogP) is 22.8. The normalized spacial score (nSPS) is 23.4. The third kappa shape index (κ3) is 15.0. The molecule has 0 aromatic heterocycles. The van der Waals surface area contributed by atoms with Crippen molar-refractivity contribution in [2.24, 2.45) is 17.8 Å². The molecule has 0 spiro atoms. The number of aryl methyl sites for hydroxylation is 2. The number of ketones is 2. The molecular weight excluding hydrogens is 1230 g/mol. The van der Waals surface area contributed by atoms with Gasteiger partial charge in [-0.05, 0) is 194 Å². The lowest BCUT2D eigenvalue weighted by molar-refractivity contribution is -0.118. The largest absolute Gasteiger partial charge is 0.544 e. The smallest absolute Gasteiger partial charge is 0.250 e. The average Bonchev–Trinajstić information content (AvgIpc) is 1.52. The van der Waals surface area contributed by atoms with E-state index in [-0.39, 0.29) is 62.1 Å². The first-order valence-corrected chi connectivity index (χ1v) is 46.3. The summed E-state index contributed by atoms with van der Waals surface area (Å²) in [6, 6.07) is 44.6. The number of rotatable bonds is 11. The fourth-order valence-corrected chi connectivity index (χ4v) is 17.5. The van der Waals surface area contributed by atoms with Crippen LogP contribution in [0.4, 0.5) is 0 Å². The maximum Gasteiger partial charge on any atom is 0.250 e. The van der Waals surface area contributed by atoms with Gasteiger partial charge in [-0.2, -0.15) is 0 Å². The Morgan fingerprint density at radius 2 is 0.628 bits per heavy atom. The summed E-state index contributed by atoms with van der Waals surface area (Å²) < 4.78 is 45.8. The molecule has 3 saturated carbocycles. The van der Waals surface area contributed by atoms with Gasteiger partial charge in [-0.1, -0.05) is 167 Å². The second-order valence-corrected chi connectivity index (χ2v) is 53.3. The van der Waals surface area contributed by atoms with Crippen molar-refractivity contribution in [2.45, 2.75) is 244 Å². The molecule has 9 atom stereocenters. The van der Waals surface area contributed by atoms with Crippen LogP contribution in [-0.4, -0.2) is 44.8 Å². The minimum atomic E-state index is -1.96. The van der Waals surface area contributed by atoms with Gasteiger partial charge < -0.3 is 31.9 Å². The fraction of sp³-hybridized carbons (Fsp3) is 0.506. The second kappa shape index (κ2) is 26.0. The third-order valence-corrected chi connectivity index (χ3v) is 40.6. The van der Waals surface area contributed by atoms with E-state index in [2.05, 4.69) is 259 Å². The number of hydrogen-bond donors (Lipinski definition) is 0. The van der Waals surface area contributed by atoms with E-state index in [1.54, 1.807) is 0 Å². The molecule has 0 unspecified atom stereocenters. The van der Waals surface area contributed by atoms with Gasteiger partial charge in [0.25, 0.3) is 0 Å². The van der Waals surface area contributed by atoms with E-state index in [0.717, 1.165) is 75.3 Å². The van der Waals surface area contributed by atoms with Crippen molar-refractivity contribution in [2.75, 3.05) is 0 Å². The Morgan fingerprint density at radius 1 is 0.351 bits per heavy atom. The predicted molar refractivity (Wildman–Crippen MR) is 395 cm³/mol. The summed E-state index contributed by atoms with van der Waals surface area (Å²) in [6.45, 7) is 53.7. The molecule has 12 rings (SSSR count). The monoisotopic (exact) mass is 1340 g/mol. The minimum absolute atomic E-state index is 0.122. The van der Waals surface area contributed by atoms with Crippen LogP contribution in [0.25, 0.3) is 0 Å². The Labute approximate surface area is 569 Å². The molecule has 504 valence electrons. The molecule has 0 bridgehead atoms. The molecule has 3 fully saturated rings. The number of carbonyl (C=O) groups excluding carboxylic acids is 2. The highest BCUT2D eigenvalue weighted by Crippen LogP contribution is 2.58. The molecule has 0 amide bonds. The van der Waals surface area contributed by atoms with Gasteiger partial charge in [-0.3, -0.25) is 9.59 Å². The second-order valence-electron chi connectivity index (χ2n) is 34.4. The van der Waals surface area contributed by atoms with E-state index in [1.807, 2.05) is 24.3 Å². The lowest BCUT2D eigenvalue weighted by Crippen LogP contribution is -2.43. The first-order valence-electron chi connectivity index (χ1n) is 34.7. The Bertz CT molecular complexity index is 3560. The van der Waals surface area contributed by atoms with E-state index in [4.69, 9.17) is 31.9 Å².